The van der Waals surface area contributed by atoms with Gasteiger partial charge in [0.15, 0.2) is 0 Å². The van der Waals surface area contributed by atoms with Crippen molar-refractivity contribution in [1.29, 1.82) is 0 Å². The van der Waals surface area contributed by atoms with Gasteiger partial charge in [-0.2, -0.15) is 5.10 Å². The third-order valence-corrected chi connectivity index (χ3v) is 4.58. The van der Waals surface area contributed by atoms with Crippen LogP contribution in [0.3, 0.4) is 0 Å². The largest absolute Gasteiger partial charge is 0.488 e. The van der Waals surface area contributed by atoms with Gasteiger partial charge in [0.05, 0.1) is 10.7 Å². The van der Waals surface area contributed by atoms with Gasteiger partial charge >= 0.3 is 0 Å². The summed E-state index contributed by atoms with van der Waals surface area (Å²) in [6, 6.07) is 11.3. The van der Waals surface area contributed by atoms with E-state index in [2.05, 4.69) is 38.4 Å². The first-order valence-electron chi connectivity index (χ1n) is 9.11. The number of nitrogens with one attached hydrogen (secondary N) is 2. The molecule has 0 aliphatic carbocycles. The van der Waals surface area contributed by atoms with E-state index in [4.69, 9.17) is 4.74 Å². The molecule has 0 fully saturated rings. The number of nitrogens with zero attached hydrogens (tertiary/aromatic N) is 1. The van der Waals surface area contributed by atoms with Crippen LogP contribution in [0.5, 0.6) is 5.75 Å². The van der Waals surface area contributed by atoms with E-state index in [1.54, 1.807) is 12.1 Å². The molecule has 0 aliphatic rings. The van der Waals surface area contributed by atoms with Gasteiger partial charge in [-0.1, -0.05) is 24.8 Å². The SMILES string of the molecule is C=CCOc1ccc(C=NNC(=O)CCC(=O)Nc2cc(C)ccc2C)cc1Br. The van der Waals surface area contributed by atoms with Crippen LogP contribution in [0.15, 0.2) is 58.6 Å². The molecule has 0 bridgehead atoms. The molecule has 0 saturated heterocycles. The molecule has 2 aromatic carbocycles. The van der Waals surface area contributed by atoms with E-state index in [9.17, 15) is 9.59 Å². The second-order valence-electron chi connectivity index (χ2n) is 6.45. The molecule has 0 heterocycles. The Morgan fingerprint density at radius 1 is 1.14 bits per heavy atom. The summed E-state index contributed by atoms with van der Waals surface area (Å²) in [6.45, 7) is 7.91. The smallest absolute Gasteiger partial charge is 0.240 e. The number of rotatable bonds is 9. The first-order chi connectivity index (χ1) is 13.9. The Kier molecular flexibility index (Phi) is 8.61. The zero-order valence-electron chi connectivity index (χ0n) is 16.5. The first kappa shape index (κ1) is 22.4. The highest BCUT2D eigenvalue weighted by atomic mass is 79.9. The monoisotopic (exact) mass is 457 g/mol. The molecule has 152 valence electrons. The fourth-order valence-electron chi connectivity index (χ4n) is 2.41. The zero-order chi connectivity index (χ0) is 21.2. The molecule has 6 nitrogen and oxygen atoms in total. The standard InChI is InChI=1S/C22H24BrN3O3/c1-4-11-29-20-8-7-17(13-18(20)23)14-24-26-22(28)10-9-21(27)25-19-12-15(2)5-6-16(19)3/h4-8,12-14H,1,9-11H2,2-3H3,(H,25,27)(H,26,28). The summed E-state index contributed by atoms with van der Waals surface area (Å²) in [5.41, 5.74) is 6.02. The predicted octanol–water partition coefficient (Wildman–Crippen LogP) is 4.50. The minimum atomic E-state index is -0.331. The molecule has 0 atom stereocenters. The van der Waals surface area contributed by atoms with E-state index >= 15 is 0 Å². The summed E-state index contributed by atoms with van der Waals surface area (Å²) in [5, 5.41) is 6.76. The van der Waals surface area contributed by atoms with E-state index < -0.39 is 0 Å². The Bertz CT molecular complexity index is 926. The number of hydrogen-bond donors (Lipinski definition) is 2. The van der Waals surface area contributed by atoms with Gasteiger partial charge in [-0.15, -0.1) is 0 Å². The van der Waals surface area contributed by atoms with E-state index in [0.717, 1.165) is 26.9 Å². The van der Waals surface area contributed by atoms with Crippen molar-refractivity contribution in [3.63, 3.8) is 0 Å². The third-order valence-electron chi connectivity index (χ3n) is 3.96. The summed E-state index contributed by atoms with van der Waals surface area (Å²) < 4.78 is 6.25. The summed E-state index contributed by atoms with van der Waals surface area (Å²) in [6.07, 6.45) is 3.32. The normalized spacial score (nSPS) is 10.6. The lowest BCUT2D eigenvalue weighted by molar-refractivity contribution is -0.124. The molecule has 2 rings (SSSR count). The minimum Gasteiger partial charge on any atom is -0.488 e. The van der Waals surface area contributed by atoms with Gasteiger partial charge < -0.3 is 10.1 Å². The topological polar surface area (TPSA) is 79.8 Å². The number of hydrogen-bond acceptors (Lipinski definition) is 4. The number of carbonyl (C=O) groups is 2. The van der Waals surface area contributed by atoms with Crippen LogP contribution in [0.4, 0.5) is 5.69 Å². The number of benzene rings is 2. The van der Waals surface area contributed by atoms with Gasteiger partial charge in [-0.25, -0.2) is 5.43 Å². The Labute approximate surface area is 179 Å². The van der Waals surface area contributed by atoms with Crippen molar-refractivity contribution in [2.24, 2.45) is 5.10 Å². The third kappa shape index (κ3) is 7.54. The molecule has 2 N–H and O–H groups in total. The molecule has 0 spiro atoms. The van der Waals surface area contributed by atoms with Crippen molar-refractivity contribution in [3.8, 4) is 5.75 Å². The molecule has 0 unspecified atom stereocenters. The minimum absolute atomic E-state index is 0.0477. The van der Waals surface area contributed by atoms with Gasteiger partial charge in [0, 0.05) is 18.5 Å². The van der Waals surface area contributed by atoms with E-state index in [1.165, 1.54) is 6.21 Å². The van der Waals surface area contributed by atoms with E-state index in [0.29, 0.717) is 12.4 Å². The average Bonchev–Trinajstić information content (AvgIpc) is 2.68. The van der Waals surface area contributed by atoms with Crippen LogP contribution in [0.25, 0.3) is 0 Å². The molecule has 7 heteroatoms. The maximum absolute atomic E-state index is 12.1. The van der Waals surface area contributed by atoms with Crippen LogP contribution < -0.4 is 15.5 Å². The van der Waals surface area contributed by atoms with Crippen molar-refractivity contribution in [2.75, 3.05) is 11.9 Å². The number of hydrazone groups is 1. The van der Waals surface area contributed by atoms with Gasteiger partial charge in [-0.3, -0.25) is 9.59 Å². The van der Waals surface area contributed by atoms with Gasteiger partial charge in [0.2, 0.25) is 11.8 Å². The van der Waals surface area contributed by atoms with Crippen molar-refractivity contribution in [1.82, 2.24) is 5.43 Å². The predicted molar refractivity (Wildman–Crippen MR) is 119 cm³/mol. The Hall–Kier alpha value is -2.93. The number of halogens is 1. The summed E-state index contributed by atoms with van der Waals surface area (Å²) >= 11 is 3.42. The number of amides is 2. The molecular weight excluding hydrogens is 434 g/mol. The summed E-state index contributed by atoms with van der Waals surface area (Å²) in [4.78, 5) is 24.0. The Morgan fingerprint density at radius 3 is 2.62 bits per heavy atom. The van der Waals surface area contributed by atoms with Crippen molar-refractivity contribution >= 4 is 39.6 Å². The van der Waals surface area contributed by atoms with Gasteiger partial charge in [-0.05, 0) is 70.7 Å². The van der Waals surface area contributed by atoms with E-state index in [1.807, 2.05) is 44.2 Å². The lowest BCUT2D eigenvalue weighted by Gasteiger charge is -2.09. The quantitative estimate of drug-likeness (QED) is 0.330. The van der Waals surface area contributed by atoms with Crippen LogP contribution in [-0.2, 0) is 9.59 Å². The molecule has 0 saturated carbocycles. The summed E-state index contributed by atoms with van der Waals surface area (Å²) in [7, 11) is 0. The Balaban J connectivity index is 1.79. The van der Waals surface area contributed by atoms with Crippen molar-refractivity contribution in [2.45, 2.75) is 26.7 Å². The van der Waals surface area contributed by atoms with Crippen LogP contribution in [-0.4, -0.2) is 24.6 Å². The lowest BCUT2D eigenvalue weighted by atomic mass is 10.1. The number of aryl methyl sites for hydroxylation is 2. The molecular formula is C22H24BrN3O3. The fourth-order valence-corrected chi connectivity index (χ4v) is 2.92. The van der Waals surface area contributed by atoms with Crippen LogP contribution >= 0.6 is 15.9 Å². The second kappa shape index (κ2) is 11.2. The molecule has 2 aromatic rings. The highest BCUT2D eigenvalue weighted by molar-refractivity contribution is 9.10. The number of ether oxygens (including phenoxy) is 1. The van der Waals surface area contributed by atoms with Crippen molar-refractivity contribution < 1.29 is 14.3 Å². The zero-order valence-corrected chi connectivity index (χ0v) is 18.1. The first-order valence-corrected chi connectivity index (χ1v) is 9.90. The molecule has 0 aromatic heterocycles. The maximum atomic E-state index is 12.1. The summed E-state index contributed by atoms with van der Waals surface area (Å²) in [5.74, 6) is 0.153. The molecule has 0 radical (unpaired) electrons. The molecule has 29 heavy (non-hydrogen) atoms. The van der Waals surface area contributed by atoms with Crippen molar-refractivity contribution in [3.05, 3.63) is 70.2 Å². The second-order valence-corrected chi connectivity index (χ2v) is 7.30. The molecule has 0 aliphatic heterocycles. The highest BCUT2D eigenvalue weighted by Crippen LogP contribution is 2.25. The van der Waals surface area contributed by atoms with Crippen LogP contribution in [0.1, 0.15) is 29.5 Å². The van der Waals surface area contributed by atoms with Crippen LogP contribution in [0, 0.1) is 13.8 Å². The number of anilines is 1. The van der Waals surface area contributed by atoms with Gasteiger partial charge in [0.1, 0.15) is 12.4 Å². The Morgan fingerprint density at radius 2 is 1.90 bits per heavy atom. The lowest BCUT2D eigenvalue weighted by Crippen LogP contribution is -2.20. The average molecular weight is 458 g/mol. The molecule has 2 amide bonds. The highest BCUT2D eigenvalue weighted by Gasteiger charge is 2.08. The van der Waals surface area contributed by atoms with Gasteiger partial charge in [0.25, 0.3) is 0 Å². The number of carbonyl (C=O) groups excluding carboxylic acids is 2. The van der Waals surface area contributed by atoms with Crippen LogP contribution in [0.2, 0.25) is 0 Å². The maximum Gasteiger partial charge on any atom is 0.240 e. The fraction of sp³-hybridized carbons (Fsp3) is 0.227. The van der Waals surface area contributed by atoms with E-state index in [-0.39, 0.29) is 24.7 Å².